The summed E-state index contributed by atoms with van der Waals surface area (Å²) in [4.78, 5) is 2.50. The van der Waals surface area contributed by atoms with Gasteiger partial charge in [0.2, 0.25) is 0 Å². The molecule has 1 saturated heterocycles. The van der Waals surface area contributed by atoms with Crippen LogP contribution in [0.15, 0.2) is 24.3 Å². The number of morpholine rings is 1. The van der Waals surface area contributed by atoms with Crippen molar-refractivity contribution in [3.8, 4) is 0 Å². The summed E-state index contributed by atoms with van der Waals surface area (Å²) < 4.78 is 5.38. The SMILES string of the molecule is CC(Cc1ccccc1CN)N1CCOCC1. The molecule has 3 nitrogen and oxygen atoms in total. The first kappa shape index (κ1) is 12.6. The third kappa shape index (κ3) is 3.28. The summed E-state index contributed by atoms with van der Waals surface area (Å²) in [5, 5.41) is 0. The molecule has 0 aromatic heterocycles. The van der Waals surface area contributed by atoms with E-state index in [4.69, 9.17) is 10.5 Å². The number of benzene rings is 1. The van der Waals surface area contributed by atoms with Gasteiger partial charge in [0.25, 0.3) is 0 Å². The maximum Gasteiger partial charge on any atom is 0.0594 e. The minimum Gasteiger partial charge on any atom is -0.379 e. The Bertz CT molecular complexity index is 348. The summed E-state index contributed by atoms with van der Waals surface area (Å²) >= 11 is 0. The third-order valence-electron chi connectivity index (χ3n) is 3.52. The Balaban J connectivity index is 1.99. The van der Waals surface area contributed by atoms with Gasteiger partial charge in [0, 0.05) is 25.7 Å². The molecule has 1 unspecified atom stereocenters. The highest BCUT2D eigenvalue weighted by molar-refractivity contribution is 5.27. The first-order valence-electron chi connectivity index (χ1n) is 6.40. The molecule has 0 spiro atoms. The van der Waals surface area contributed by atoms with Crippen molar-refractivity contribution < 1.29 is 4.74 Å². The van der Waals surface area contributed by atoms with Crippen LogP contribution in [0.25, 0.3) is 0 Å². The molecule has 1 aromatic carbocycles. The van der Waals surface area contributed by atoms with E-state index >= 15 is 0 Å². The molecule has 1 fully saturated rings. The van der Waals surface area contributed by atoms with Crippen LogP contribution in [-0.2, 0) is 17.7 Å². The molecule has 0 saturated carbocycles. The van der Waals surface area contributed by atoms with Crippen molar-refractivity contribution in [2.75, 3.05) is 26.3 Å². The van der Waals surface area contributed by atoms with Crippen molar-refractivity contribution in [3.63, 3.8) is 0 Å². The zero-order chi connectivity index (χ0) is 12.1. The Labute approximate surface area is 104 Å². The molecule has 1 heterocycles. The lowest BCUT2D eigenvalue weighted by Gasteiger charge is -2.32. The second-order valence-electron chi connectivity index (χ2n) is 4.67. The van der Waals surface area contributed by atoms with Crippen molar-refractivity contribution in [2.45, 2.75) is 25.9 Å². The van der Waals surface area contributed by atoms with Crippen LogP contribution < -0.4 is 5.73 Å². The van der Waals surface area contributed by atoms with E-state index < -0.39 is 0 Å². The van der Waals surface area contributed by atoms with Gasteiger partial charge in [-0.3, -0.25) is 4.90 Å². The van der Waals surface area contributed by atoms with Crippen molar-refractivity contribution in [1.82, 2.24) is 4.90 Å². The fourth-order valence-corrected chi connectivity index (χ4v) is 2.42. The van der Waals surface area contributed by atoms with E-state index in [2.05, 4.69) is 36.1 Å². The van der Waals surface area contributed by atoms with Gasteiger partial charge < -0.3 is 10.5 Å². The molecule has 2 N–H and O–H groups in total. The predicted molar refractivity (Wildman–Crippen MR) is 69.9 cm³/mol. The zero-order valence-electron chi connectivity index (χ0n) is 10.6. The normalized spacial score (nSPS) is 19.2. The maximum absolute atomic E-state index is 5.77. The van der Waals surface area contributed by atoms with Crippen molar-refractivity contribution in [3.05, 3.63) is 35.4 Å². The number of rotatable bonds is 4. The molecule has 1 aromatic rings. The topological polar surface area (TPSA) is 38.5 Å². The highest BCUT2D eigenvalue weighted by Gasteiger charge is 2.17. The molecular weight excluding hydrogens is 212 g/mol. The van der Waals surface area contributed by atoms with Crippen molar-refractivity contribution in [1.29, 1.82) is 0 Å². The van der Waals surface area contributed by atoms with E-state index in [1.54, 1.807) is 0 Å². The number of nitrogens with zero attached hydrogens (tertiary/aromatic N) is 1. The largest absolute Gasteiger partial charge is 0.379 e. The van der Waals surface area contributed by atoms with E-state index in [9.17, 15) is 0 Å². The number of ether oxygens (including phenoxy) is 1. The molecule has 94 valence electrons. The lowest BCUT2D eigenvalue weighted by Crippen LogP contribution is -2.43. The van der Waals surface area contributed by atoms with Gasteiger partial charge in [0.15, 0.2) is 0 Å². The van der Waals surface area contributed by atoms with Gasteiger partial charge in [-0.05, 0) is 24.5 Å². The predicted octanol–water partition coefficient (Wildman–Crippen LogP) is 1.41. The highest BCUT2D eigenvalue weighted by Crippen LogP contribution is 2.14. The van der Waals surface area contributed by atoms with Gasteiger partial charge in [-0.15, -0.1) is 0 Å². The van der Waals surface area contributed by atoms with Gasteiger partial charge in [-0.25, -0.2) is 0 Å². The second-order valence-corrected chi connectivity index (χ2v) is 4.67. The fraction of sp³-hybridized carbons (Fsp3) is 0.571. The van der Waals surface area contributed by atoms with Crippen LogP contribution >= 0.6 is 0 Å². The molecular formula is C14H22N2O. The second kappa shape index (κ2) is 6.15. The Hall–Kier alpha value is -0.900. The third-order valence-corrected chi connectivity index (χ3v) is 3.52. The monoisotopic (exact) mass is 234 g/mol. The summed E-state index contributed by atoms with van der Waals surface area (Å²) in [5.41, 5.74) is 8.43. The van der Waals surface area contributed by atoms with Gasteiger partial charge in [-0.1, -0.05) is 24.3 Å². The summed E-state index contributed by atoms with van der Waals surface area (Å²) in [5.74, 6) is 0. The van der Waals surface area contributed by atoms with Crippen LogP contribution in [0.1, 0.15) is 18.1 Å². The van der Waals surface area contributed by atoms with Crippen LogP contribution in [0.4, 0.5) is 0 Å². The van der Waals surface area contributed by atoms with Gasteiger partial charge >= 0.3 is 0 Å². The molecule has 0 aliphatic carbocycles. The standard InChI is InChI=1S/C14H22N2O/c1-12(16-6-8-17-9-7-16)10-13-4-2-3-5-14(13)11-15/h2-5,12H,6-11,15H2,1H3. The van der Waals surface area contributed by atoms with Gasteiger partial charge in [-0.2, -0.15) is 0 Å². The lowest BCUT2D eigenvalue weighted by molar-refractivity contribution is 0.0203. The maximum atomic E-state index is 5.77. The quantitative estimate of drug-likeness (QED) is 0.856. The summed E-state index contributed by atoms with van der Waals surface area (Å²) in [6.07, 6.45) is 1.08. The minimum atomic E-state index is 0.562. The summed E-state index contributed by atoms with van der Waals surface area (Å²) in [7, 11) is 0. The Morgan fingerprint density at radius 2 is 1.88 bits per heavy atom. The van der Waals surface area contributed by atoms with E-state index in [-0.39, 0.29) is 0 Å². The van der Waals surface area contributed by atoms with Crippen molar-refractivity contribution in [2.24, 2.45) is 5.73 Å². The van der Waals surface area contributed by atoms with Crippen LogP contribution in [-0.4, -0.2) is 37.2 Å². The van der Waals surface area contributed by atoms with Gasteiger partial charge in [0.05, 0.1) is 13.2 Å². The van der Waals surface area contributed by atoms with E-state index in [0.717, 1.165) is 32.7 Å². The van der Waals surface area contributed by atoms with Crippen LogP contribution in [0.2, 0.25) is 0 Å². The Morgan fingerprint density at radius 3 is 2.53 bits per heavy atom. The number of hydrogen-bond donors (Lipinski definition) is 1. The molecule has 17 heavy (non-hydrogen) atoms. The fourth-order valence-electron chi connectivity index (χ4n) is 2.42. The van der Waals surface area contributed by atoms with E-state index in [1.165, 1.54) is 11.1 Å². The first-order chi connectivity index (χ1) is 8.31. The average molecular weight is 234 g/mol. The molecule has 0 radical (unpaired) electrons. The van der Waals surface area contributed by atoms with Crippen LogP contribution in [0.3, 0.4) is 0 Å². The highest BCUT2D eigenvalue weighted by atomic mass is 16.5. The van der Waals surface area contributed by atoms with Crippen LogP contribution in [0, 0.1) is 0 Å². The molecule has 1 aliphatic heterocycles. The molecule has 2 rings (SSSR count). The van der Waals surface area contributed by atoms with Gasteiger partial charge in [0.1, 0.15) is 0 Å². The smallest absolute Gasteiger partial charge is 0.0594 e. The Kier molecular flexibility index (Phi) is 4.54. The summed E-state index contributed by atoms with van der Waals surface area (Å²) in [6, 6.07) is 9.04. The lowest BCUT2D eigenvalue weighted by atomic mass is 10.00. The number of hydrogen-bond acceptors (Lipinski definition) is 3. The van der Waals surface area contributed by atoms with Crippen molar-refractivity contribution >= 4 is 0 Å². The first-order valence-corrected chi connectivity index (χ1v) is 6.40. The zero-order valence-corrected chi connectivity index (χ0v) is 10.6. The van der Waals surface area contributed by atoms with Crippen LogP contribution in [0.5, 0.6) is 0 Å². The minimum absolute atomic E-state index is 0.562. The molecule has 1 aliphatic rings. The number of nitrogens with two attached hydrogens (primary N) is 1. The Morgan fingerprint density at radius 1 is 1.24 bits per heavy atom. The van der Waals surface area contributed by atoms with E-state index in [0.29, 0.717) is 12.6 Å². The van der Waals surface area contributed by atoms with E-state index in [1.807, 2.05) is 0 Å². The molecule has 1 atom stereocenters. The molecule has 0 bridgehead atoms. The summed E-state index contributed by atoms with van der Waals surface area (Å²) in [6.45, 7) is 6.74. The molecule has 3 heteroatoms. The average Bonchev–Trinajstić information content (AvgIpc) is 2.40. The molecule has 0 amide bonds.